The van der Waals surface area contributed by atoms with Crippen molar-refractivity contribution in [3.8, 4) is 11.5 Å². The molecule has 0 bridgehead atoms. The number of pyridine rings is 1. The molecule has 0 atom stereocenters. The fourth-order valence-corrected chi connectivity index (χ4v) is 1.42. The van der Waals surface area contributed by atoms with E-state index in [0.29, 0.717) is 6.07 Å². The molecule has 9 heteroatoms. The summed E-state index contributed by atoms with van der Waals surface area (Å²) in [6.07, 6.45) is -4.98. The average Bonchev–Trinajstić information content (AvgIpc) is 2.21. The number of halogens is 4. The molecule has 0 aliphatic rings. The third-order valence-corrected chi connectivity index (χ3v) is 2.29. The van der Waals surface area contributed by atoms with Crippen molar-refractivity contribution in [3.63, 3.8) is 0 Å². The smallest absolute Gasteiger partial charge is 0.502 e. The first kappa shape index (κ1) is 13.8. The number of rotatable bonds is 2. The molecule has 0 amide bonds. The zero-order chi connectivity index (χ0) is 13.2. The molecule has 0 saturated heterocycles. The highest BCUT2D eigenvalue weighted by atomic mass is 127. The minimum Gasteiger partial charge on any atom is -0.502 e. The van der Waals surface area contributed by atoms with Crippen molar-refractivity contribution in [2.24, 2.45) is 0 Å². The van der Waals surface area contributed by atoms with E-state index in [9.17, 15) is 23.1 Å². The zero-order valence-electron chi connectivity index (χ0n) is 8.21. The minimum absolute atomic E-state index is 0.204. The molecule has 94 valence electrons. The van der Waals surface area contributed by atoms with Gasteiger partial charge >= 0.3 is 12.3 Å². The molecule has 0 aromatic carbocycles. The van der Waals surface area contributed by atoms with Crippen LogP contribution in [0.3, 0.4) is 0 Å². The highest BCUT2D eigenvalue weighted by Gasteiger charge is 2.33. The van der Waals surface area contributed by atoms with Crippen LogP contribution in [0, 0.1) is 3.70 Å². The average molecular weight is 363 g/mol. The number of carbonyl (C=O) groups is 1. The largest absolute Gasteiger partial charge is 0.573 e. The lowest BCUT2D eigenvalue weighted by molar-refractivity contribution is -0.275. The molecular weight excluding hydrogens is 358 g/mol. The highest BCUT2D eigenvalue weighted by Crippen LogP contribution is 2.34. The van der Waals surface area contributed by atoms with Crippen molar-refractivity contribution in [2.75, 3.05) is 7.11 Å². The summed E-state index contributed by atoms with van der Waals surface area (Å²) in [5.74, 6) is -2.64. The van der Waals surface area contributed by atoms with Crippen LogP contribution in [0.25, 0.3) is 0 Å². The van der Waals surface area contributed by atoms with Gasteiger partial charge in [0, 0.05) is 6.07 Å². The lowest BCUT2D eigenvalue weighted by Crippen LogP contribution is -2.18. The topological polar surface area (TPSA) is 68.7 Å². The Bertz CT molecular complexity index is 449. The second kappa shape index (κ2) is 4.94. The van der Waals surface area contributed by atoms with Gasteiger partial charge in [-0.1, -0.05) is 0 Å². The Kier molecular flexibility index (Phi) is 4.01. The highest BCUT2D eigenvalue weighted by molar-refractivity contribution is 14.1. The Hall–Kier alpha value is -1.26. The van der Waals surface area contributed by atoms with Gasteiger partial charge in [-0.25, -0.2) is 9.78 Å². The number of nitrogens with zero attached hydrogens (tertiary/aromatic N) is 1. The molecule has 1 N–H and O–H groups in total. The lowest BCUT2D eigenvalue weighted by Gasteiger charge is -2.11. The summed E-state index contributed by atoms with van der Waals surface area (Å²) in [5.41, 5.74) is -0.394. The Morgan fingerprint density at radius 3 is 2.59 bits per heavy atom. The monoisotopic (exact) mass is 363 g/mol. The molecule has 0 aliphatic carbocycles. The number of esters is 1. The summed E-state index contributed by atoms with van der Waals surface area (Å²) in [5, 5.41) is 9.29. The first-order valence-electron chi connectivity index (χ1n) is 3.98. The predicted octanol–water partition coefficient (Wildman–Crippen LogP) is 2.08. The van der Waals surface area contributed by atoms with Crippen LogP contribution in [-0.4, -0.2) is 29.5 Å². The van der Waals surface area contributed by atoms with Crippen LogP contribution in [-0.2, 0) is 4.74 Å². The van der Waals surface area contributed by atoms with Gasteiger partial charge in [0.05, 0.1) is 7.11 Å². The van der Waals surface area contributed by atoms with Gasteiger partial charge in [-0.2, -0.15) is 0 Å². The van der Waals surface area contributed by atoms with Crippen molar-refractivity contribution < 1.29 is 32.5 Å². The zero-order valence-corrected chi connectivity index (χ0v) is 10.4. The van der Waals surface area contributed by atoms with Crippen LogP contribution >= 0.6 is 22.6 Å². The number of aromatic nitrogens is 1. The Morgan fingerprint density at radius 1 is 1.53 bits per heavy atom. The van der Waals surface area contributed by atoms with Gasteiger partial charge in [0.25, 0.3) is 0 Å². The lowest BCUT2D eigenvalue weighted by atomic mass is 10.3. The molecule has 0 aliphatic heterocycles. The van der Waals surface area contributed by atoms with Gasteiger partial charge in [0.2, 0.25) is 0 Å². The van der Waals surface area contributed by atoms with E-state index in [1.807, 2.05) is 0 Å². The summed E-state index contributed by atoms with van der Waals surface area (Å²) in [6.45, 7) is 0. The Morgan fingerprint density at radius 2 is 2.12 bits per heavy atom. The predicted molar refractivity (Wildman–Crippen MR) is 56.6 cm³/mol. The second-order valence-corrected chi connectivity index (χ2v) is 3.71. The van der Waals surface area contributed by atoms with Crippen molar-refractivity contribution >= 4 is 28.6 Å². The molecule has 0 spiro atoms. The Labute approximate surface area is 107 Å². The quantitative estimate of drug-likeness (QED) is 0.495. The van der Waals surface area contributed by atoms with Gasteiger partial charge < -0.3 is 14.6 Å². The van der Waals surface area contributed by atoms with E-state index in [1.54, 1.807) is 0 Å². The third-order valence-electron chi connectivity index (χ3n) is 1.54. The van der Waals surface area contributed by atoms with Crippen molar-refractivity contribution in [2.45, 2.75) is 6.36 Å². The van der Waals surface area contributed by atoms with E-state index in [2.05, 4.69) is 14.5 Å². The third kappa shape index (κ3) is 3.61. The van der Waals surface area contributed by atoms with Gasteiger partial charge in [-0.15, -0.1) is 13.2 Å². The van der Waals surface area contributed by atoms with Crippen LogP contribution in [0.1, 0.15) is 10.5 Å². The fourth-order valence-electron chi connectivity index (χ4n) is 0.897. The van der Waals surface area contributed by atoms with E-state index < -0.39 is 29.5 Å². The first-order chi connectivity index (χ1) is 7.74. The molecule has 0 saturated carbocycles. The maximum atomic E-state index is 12.0. The number of alkyl halides is 3. The molecule has 1 aromatic rings. The molecular formula is C8H5F3INO4. The Balaban J connectivity index is 3.20. The van der Waals surface area contributed by atoms with Crippen molar-refractivity contribution in [1.29, 1.82) is 0 Å². The molecule has 5 nitrogen and oxygen atoms in total. The molecule has 1 heterocycles. The van der Waals surface area contributed by atoms with E-state index in [0.717, 1.165) is 7.11 Å². The van der Waals surface area contributed by atoms with Gasteiger partial charge in [-0.05, 0) is 22.6 Å². The number of hydrogen-bond donors (Lipinski definition) is 1. The summed E-state index contributed by atoms with van der Waals surface area (Å²) in [6, 6.07) is 0.650. The minimum atomic E-state index is -4.98. The summed E-state index contributed by atoms with van der Waals surface area (Å²) in [4.78, 5) is 14.6. The van der Waals surface area contributed by atoms with Gasteiger partial charge in [-0.3, -0.25) is 0 Å². The van der Waals surface area contributed by atoms with Crippen LogP contribution < -0.4 is 4.74 Å². The molecule has 1 aromatic heterocycles. The maximum Gasteiger partial charge on any atom is 0.573 e. The molecule has 0 radical (unpaired) electrons. The number of hydrogen-bond acceptors (Lipinski definition) is 5. The summed E-state index contributed by atoms with van der Waals surface area (Å²) < 4.78 is 43.6. The van der Waals surface area contributed by atoms with Crippen LogP contribution in [0.4, 0.5) is 13.2 Å². The number of methoxy groups -OCH3 is 1. The maximum absolute atomic E-state index is 12.0. The van der Waals surface area contributed by atoms with E-state index in [4.69, 9.17) is 0 Å². The molecule has 1 rings (SSSR count). The van der Waals surface area contributed by atoms with Gasteiger partial charge in [0.15, 0.2) is 17.2 Å². The SMILES string of the molecule is COC(=O)c1cc(OC(F)(F)F)c(O)c(I)n1. The van der Waals surface area contributed by atoms with Crippen LogP contribution in [0.2, 0.25) is 0 Å². The number of ether oxygens (including phenoxy) is 2. The number of carbonyl (C=O) groups excluding carboxylic acids is 1. The van der Waals surface area contributed by atoms with E-state index in [-0.39, 0.29) is 3.70 Å². The fraction of sp³-hybridized carbons (Fsp3) is 0.250. The van der Waals surface area contributed by atoms with Crippen molar-refractivity contribution in [1.82, 2.24) is 4.98 Å². The molecule has 17 heavy (non-hydrogen) atoms. The van der Waals surface area contributed by atoms with Crippen LogP contribution in [0.15, 0.2) is 6.07 Å². The van der Waals surface area contributed by atoms with Crippen molar-refractivity contribution in [3.05, 3.63) is 15.5 Å². The van der Waals surface area contributed by atoms with E-state index >= 15 is 0 Å². The first-order valence-corrected chi connectivity index (χ1v) is 5.06. The van der Waals surface area contributed by atoms with Gasteiger partial charge in [0.1, 0.15) is 3.70 Å². The van der Waals surface area contributed by atoms with E-state index in [1.165, 1.54) is 22.6 Å². The number of aromatic hydroxyl groups is 1. The van der Waals surface area contributed by atoms with Crippen LogP contribution in [0.5, 0.6) is 11.5 Å². The normalized spacial score (nSPS) is 11.1. The summed E-state index contributed by atoms with van der Waals surface area (Å²) >= 11 is 1.46. The standard InChI is InChI=1S/C8H5F3INO4/c1-16-7(15)3-2-4(17-8(9,10)11)5(14)6(12)13-3/h2,14H,1H3. The molecule has 0 fully saturated rings. The second-order valence-electron chi connectivity index (χ2n) is 2.68. The summed E-state index contributed by atoms with van der Waals surface area (Å²) in [7, 11) is 1.05. The molecule has 0 unspecified atom stereocenters.